The van der Waals surface area contributed by atoms with E-state index in [1.165, 1.54) is 16.0 Å². The molecule has 212 valence electrons. The Balaban J connectivity index is 1.54. The fourth-order valence-electron chi connectivity index (χ4n) is 5.20. The van der Waals surface area contributed by atoms with Crippen molar-refractivity contribution in [3.8, 4) is 0 Å². The monoisotopic (exact) mass is 547 g/mol. The van der Waals surface area contributed by atoms with Gasteiger partial charge in [0.05, 0.1) is 36.4 Å². The minimum atomic E-state index is -4.48. The number of carbonyl (C=O) groups excluding carboxylic acids is 2. The number of hydrogen-bond donors (Lipinski definition) is 1. The lowest BCUT2D eigenvalue weighted by atomic mass is 9.99. The number of β-amino-alcohol motifs (C(OH)–C–C–N with tert-alkyl or cyclic N) is 1. The molecule has 0 saturated carbocycles. The lowest BCUT2D eigenvalue weighted by Gasteiger charge is -2.43. The summed E-state index contributed by atoms with van der Waals surface area (Å²) in [6.45, 7) is 5.83. The van der Waals surface area contributed by atoms with E-state index < -0.39 is 35.5 Å². The van der Waals surface area contributed by atoms with Crippen LogP contribution in [0, 0.1) is 0 Å². The molecule has 1 N–H and O–H groups in total. The first-order valence-corrected chi connectivity index (χ1v) is 13.2. The van der Waals surface area contributed by atoms with Gasteiger partial charge in [0.25, 0.3) is 0 Å². The zero-order chi connectivity index (χ0) is 28.4. The summed E-state index contributed by atoms with van der Waals surface area (Å²) in [5.41, 5.74) is 0.114. The second kappa shape index (κ2) is 11.7. The SMILES string of the molecule is CC(C)(C)ON1C[C@H](O)C[C@H]1C(=O)N1CC(=O)N(Cc2cccc(C(F)(F)F)c2)[C@@H](CCc2ccccc2)C1. The molecule has 39 heavy (non-hydrogen) atoms. The highest BCUT2D eigenvalue weighted by molar-refractivity contribution is 5.89. The van der Waals surface area contributed by atoms with Gasteiger partial charge in [-0.25, -0.2) is 0 Å². The van der Waals surface area contributed by atoms with Crippen molar-refractivity contribution in [2.75, 3.05) is 19.6 Å². The lowest BCUT2D eigenvalue weighted by molar-refractivity contribution is -0.238. The first-order chi connectivity index (χ1) is 18.3. The van der Waals surface area contributed by atoms with E-state index >= 15 is 0 Å². The Labute approximate surface area is 227 Å². The van der Waals surface area contributed by atoms with E-state index in [0.717, 1.165) is 17.7 Å². The van der Waals surface area contributed by atoms with Crippen LogP contribution >= 0.6 is 0 Å². The number of halogens is 3. The normalized spacial score (nSPS) is 22.9. The number of hydroxylamine groups is 2. The number of rotatable bonds is 7. The van der Waals surface area contributed by atoms with Gasteiger partial charge >= 0.3 is 6.18 Å². The number of hydrogen-bond acceptors (Lipinski definition) is 5. The van der Waals surface area contributed by atoms with E-state index in [4.69, 9.17) is 4.84 Å². The van der Waals surface area contributed by atoms with Crippen LogP contribution in [0.1, 0.15) is 50.3 Å². The molecular weight excluding hydrogens is 511 g/mol. The Morgan fingerprint density at radius 1 is 1.03 bits per heavy atom. The molecular formula is C29H36F3N3O4. The molecule has 0 aliphatic carbocycles. The van der Waals surface area contributed by atoms with Gasteiger partial charge in [-0.15, -0.1) is 0 Å². The number of carbonyl (C=O) groups is 2. The van der Waals surface area contributed by atoms with Crippen LogP contribution in [0.5, 0.6) is 0 Å². The molecule has 0 bridgehead atoms. The van der Waals surface area contributed by atoms with Crippen molar-refractivity contribution in [2.24, 2.45) is 0 Å². The second-order valence-corrected chi connectivity index (χ2v) is 11.3. The Bertz CT molecular complexity index is 1150. The largest absolute Gasteiger partial charge is 0.416 e. The van der Waals surface area contributed by atoms with Crippen molar-refractivity contribution in [2.45, 2.75) is 76.5 Å². The molecule has 2 heterocycles. The van der Waals surface area contributed by atoms with Crippen LogP contribution in [0.3, 0.4) is 0 Å². The van der Waals surface area contributed by atoms with Gasteiger partial charge in [-0.05, 0) is 56.9 Å². The number of piperazine rings is 1. The molecule has 2 amide bonds. The zero-order valence-corrected chi connectivity index (χ0v) is 22.5. The average molecular weight is 548 g/mol. The van der Waals surface area contributed by atoms with Crippen LogP contribution in [-0.2, 0) is 33.6 Å². The molecule has 2 aliphatic heterocycles. The van der Waals surface area contributed by atoms with Gasteiger partial charge in [-0.3, -0.25) is 14.4 Å². The third kappa shape index (κ3) is 7.58. The van der Waals surface area contributed by atoms with Gasteiger partial charge in [0, 0.05) is 19.5 Å². The van der Waals surface area contributed by atoms with Gasteiger partial charge in [0.1, 0.15) is 6.04 Å². The van der Waals surface area contributed by atoms with Crippen LogP contribution < -0.4 is 0 Å². The molecule has 2 aromatic carbocycles. The average Bonchev–Trinajstić information content (AvgIpc) is 3.22. The standard InChI is InChI=1S/C29H36F3N3O4/c1-28(2,3)39-35-18-24(36)15-25(35)27(38)33-17-23(13-12-20-8-5-4-6-9-20)34(26(37)19-33)16-21-10-7-11-22(14-21)29(30,31)32/h4-11,14,23-25,36H,12-13,15-19H2,1-3H3/t23-,24+,25-/m0/s1. The molecule has 0 unspecified atom stereocenters. The minimum absolute atomic E-state index is 0.0195. The maximum absolute atomic E-state index is 13.6. The van der Waals surface area contributed by atoms with E-state index in [0.29, 0.717) is 18.4 Å². The van der Waals surface area contributed by atoms with Crippen molar-refractivity contribution >= 4 is 11.8 Å². The van der Waals surface area contributed by atoms with Crippen molar-refractivity contribution in [3.63, 3.8) is 0 Å². The Kier molecular flexibility index (Phi) is 8.68. The molecule has 2 fully saturated rings. The Morgan fingerprint density at radius 3 is 2.38 bits per heavy atom. The smallest absolute Gasteiger partial charge is 0.392 e. The number of nitrogens with zero attached hydrogens (tertiary/aromatic N) is 3. The summed E-state index contributed by atoms with van der Waals surface area (Å²) in [4.78, 5) is 36.1. The van der Waals surface area contributed by atoms with Gasteiger partial charge in [-0.1, -0.05) is 42.5 Å². The van der Waals surface area contributed by atoms with E-state index in [-0.39, 0.29) is 44.4 Å². The predicted molar refractivity (Wildman–Crippen MR) is 139 cm³/mol. The summed E-state index contributed by atoms with van der Waals surface area (Å²) in [5, 5.41) is 11.8. The zero-order valence-electron chi connectivity index (χ0n) is 22.5. The fraction of sp³-hybridized carbons (Fsp3) is 0.517. The molecule has 3 atom stereocenters. The highest BCUT2D eigenvalue weighted by Crippen LogP contribution is 2.31. The summed E-state index contributed by atoms with van der Waals surface area (Å²) in [5.74, 6) is -0.625. The summed E-state index contributed by atoms with van der Waals surface area (Å²) in [7, 11) is 0. The number of amides is 2. The number of aryl methyl sites for hydroxylation is 1. The topological polar surface area (TPSA) is 73.3 Å². The first kappa shape index (κ1) is 29.0. The molecule has 0 spiro atoms. The summed E-state index contributed by atoms with van der Waals surface area (Å²) >= 11 is 0. The molecule has 0 aromatic heterocycles. The highest BCUT2D eigenvalue weighted by Gasteiger charge is 2.44. The van der Waals surface area contributed by atoms with Crippen LogP contribution in [0.2, 0.25) is 0 Å². The van der Waals surface area contributed by atoms with Crippen LogP contribution in [-0.4, -0.2) is 75.2 Å². The highest BCUT2D eigenvalue weighted by atomic mass is 19.4. The summed E-state index contributed by atoms with van der Waals surface area (Å²) < 4.78 is 39.9. The van der Waals surface area contributed by atoms with Crippen molar-refractivity contribution in [1.29, 1.82) is 0 Å². The molecule has 2 aliphatic rings. The molecule has 2 saturated heterocycles. The lowest BCUT2D eigenvalue weighted by Crippen LogP contribution is -2.60. The second-order valence-electron chi connectivity index (χ2n) is 11.3. The number of benzene rings is 2. The van der Waals surface area contributed by atoms with Gasteiger partial charge in [0.2, 0.25) is 11.8 Å². The van der Waals surface area contributed by atoms with Crippen LogP contribution in [0.25, 0.3) is 0 Å². The maximum atomic E-state index is 13.6. The number of alkyl halides is 3. The summed E-state index contributed by atoms with van der Waals surface area (Å²) in [6, 6.07) is 13.6. The van der Waals surface area contributed by atoms with Crippen molar-refractivity contribution in [1.82, 2.24) is 14.9 Å². The van der Waals surface area contributed by atoms with Crippen molar-refractivity contribution < 1.29 is 32.7 Å². The first-order valence-electron chi connectivity index (χ1n) is 13.2. The van der Waals surface area contributed by atoms with E-state index in [2.05, 4.69) is 0 Å². The number of aliphatic hydroxyl groups excluding tert-OH is 1. The maximum Gasteiger partial charge on any atom is 0.416 e. The third-order valence-electron chi connectivity index (χ3n) is 6.96. The fourth-order valence-corrected chi connectivity index (χ4v) is 5.20. The molecule has 4 rings (SSSR count). The Hall–Kier alpha value is -2.95. The van der Waals surface area contributed by atoms with Crippen molar-refractivity contribution in [3.05, 3.63) is 71.3 Å². The minimum Gasteiger partial charge on any atom is -0.392 e. The van der Waals surface area contributed by atoms with E-state index in [1.54, 1.807) is 11.0 Å². The van der Waals surface area contributed by atoms with Gasteiger partial charge < -0.3 is 14.9 Å². The van der Waals surface area contributed by atoms with Crippen LogP contribution in [0.4, 0.5) is 13.2 Å². The summed E-state index contributed by atoms with van der Waals surface area (Å²) in [6.07, 6.45) is -3.84. The van der Waals surface area contributed by atoms with Crippen LogP contribution in [0.15, 0.2) is 54.6 Å². The number of aliphatic hydroxyl groups is 1. The predicted octanol–water partition coefficient (Wildman–Crippen LogP) is 4.04. The molecule has 0 radical (unpaired) electrons. The van der Waals surface area contributed by atoms with E-state index in [9.17, 15) is 27.9 Å². The quantitative estimate of drug-likeness (QED) is 0.567. The molecule has 7 nitrogen and oxygen atoms in total. The Morgan fingerprint density at radius 2 is 1.72 bits per heavy atom. The van der Waals surface area contributed by atoms with Gasteiger partial charge in [-0.2, -0.15) is 18.2 Å². The molecule has 10 heteroatoms. The van der Waals surface area contributed by atoms with Gasteiger partial charge in [0.15, 0.2) is 0 Å². The third-order valence-corrected chi connectivity index (χ3v) is 6.96. The molecule has 2 aromatic rings. The van der Waals surface area contributed by atoms with E-state index in [1.807, 2.05) is 51.1 Å².